The number of rotatable bonds is 8. The predicted octanol–water partition coefficient (Wildman–Crippen LogP) is 7.57. The molecule has 2 N–H and O–H groups in total. The van der Waals surface area contributed by atoms with E-state index < -0.39 is 22.2 Å². The van der Waals surface area contributed by atoms with Crippen LogP contribution < -0.4 is 4.31 Å². The Morgan fingerprint density at radius 3 is 2.58 bits per heavy atom. The van der Waals surface area contributed by atoms with Crippen molar-refractivity contribution in [2.45, 2.75) is 55.8 Å². The quantitative estimate of drug-likeness (QED) is 0.213. The molecular formula is C27H30F3N3O4S3. The molecule has 3 heterocycles. The zero-order valence-electron chi connectivity index (χ0n) is 21.9. The molecule has 4 aromatic rings. The number of thiophene rings is 1. The highest BCUT2D eigenvalue weighted by atomic mass is 32.2. The summed E-state index contributed by atoms with van der Waals surface area (Å²) in [6.07, 6.45) is 4.73. The van der Waals surface area contributed by atoms with Gasteiger partial charge in [-0.05, 0) is 48.3 Å². The van der Waals surface area contributed by atoms with E-state index in [0.717, 1.165) is 39.9 Å². The summed E-state index contributed by atoms with van der Waals surface area (Å²) in [6.45, 7) is 2.29. The summed E-state index contributed by atoms with van der Waals surface area (Å²) >= 11 is 2.98. The monoisotopic (exact) mass is 613 g/mol. The number of carboxylic acids is 1. The fourth-order valence-electron chi connectivity index (χ4n) is 5.11. The van der Waals surface area contributed by atoms with Crippen LogP contribution in [-0.2, 0) is 21.2 Å². The molecule has 1 aliphatic carbocycles. The standard InChI is InChI=1S/C25H29N3O2S3.C2HF3O2/c1-3-7-17-8-4-9-18(17)14-20-16-26-25(32-20)21-15-19-10-5-11-22(24(19)27-21)28(2)33(29,30)23-12-6-13-31-23;3-2(4,5)1(6)7/h5-6,10-13,15-18,27H,3-4,7-9,14H2,1-2H3;(H,6,7)/t17-,18?;/m1./s1. The van der Waals surface area contributed by atoms with Crippen LogP contribution in [0.25, 0.3) is 21.6 Å². The molecule has 5 rings (SSSR count). The smallest absolute Gasteiger partial charge is 0.475 e. The van der Waals surface area contributed by atoms with Crippen LogP contribution >= 0.6 is 22.7 Å². The molecule has 3 aromatic heterocycles. The van der Waals surface area contributed by atoms with Gasteiger partial charge in [-0.1, -0.05) is 50.8 Å². The third-order valence-electron chi connectivity index (χ3n) is 7.05. The Balaban J connectivity index is 0.000000470. The predicted molar refractivity (Wildman–Crippen MR) is 152 cm³/mol. The maximum atomic E-state index is 13.1. The number of sulfonamides is 1. The number of nitrogens with one attached hydrogen (secondary N) is 1. The summed E-state index contributed by atoms with van der Waals surface area (Å²) in [7, 11) is -1.98. The molecule has 1 saturated carbocycles. The molecule has 0 aliphatic heterocycles. The Hall–Kier alpha value is -2.90. The lowest BCUT2D eigenvalue weighted by molar-refractivity contribution is -0.192. The number of nitrogens with zero attached hydrogens (tertiary/aromatic N) is 2. The molecule has 2 atom stereocenters. The van der Waals surface area contributed by atoms with Crippen molar-refractivity contribution < 1.29 is 31.5 Å². The number of fused-ring (bicyclic) bond motifs is 1. The summed E-state index contributed by atoms with van der Waals surface area (Å²) in [4.78, 5) is 18.4. The van der Waals surface area contributed by atoms with Crippen LogP contribution in [-0.4, -0.2) is 42.7 Å². The minimum atomic E-state index is -5.08. The lowest BCUT2D eigenvalue weighted by Gasteiger charge is -2.19. The number of carbonyl (C=O) groups is 1. The van der Waals surface area contributed by atoms with E-state index in [4.69, 9.17) is 14.9 Å². The Morgan fingerprint density at radius 2 is 1.93 bits per heavy atom. The van der Waals surface area contributed by atoms with Crippen molar-refractivity contribution in [3.63, 3.8) is 0 Å². The molecule has 1 fully saturated rings. The molecule has 1 unspecified atom stereocenters. The van der Waals surface area contributed by atoms with Crippen molar-refractivity contribution >= 4 is 55.3 Å². The number of halogens is 3. The van der Waals surface area contributed by atoms with Gasteiger partial charge in [0.1, 0.15) is 9.22 Å². The van der Waals surface area contributed by atoms with E-state index in [-0.39, 0.29) is 0 Å². The van der Waals surface area contributed by atoms with Crippen LogP contribution in [0.5, 0.6) is 0 Å². The topological polar surface area (TPSA) is 103 Å². The molecule has 1 aromatic carbocycles. The van der Waals surface area contributed by atoms with Crippen molar-refractivity contribution in [1.82, 2.24) is 9.97 Å². The first-order valence-corrected chi connectivity index (χ1v) is 15.9. The van der Waals surface area contributed by atoms with Gasteiger partial charge in [-0.25, -0.2) is 18.2 Å². The molecule has 1 aliphatic rings. The summed E-state index contributed by atoms with van der Waals surface area (Å²) < 4.78 is 59.6. The van der Waals surface area contributed by atoms with E-state index in [2.05, 4.69) is 18.0 Å². The van der Waals surface area contributed by atoms with Gasteiger partial charge in [0.05, 0.1) is 16.9 Å². The highest BCUT2D eigenvalue weighted by Crippen LogP contribution is 2.39. The maximum absolute atomic E-state index is 13.1. The fraction of sp³-hybridized carbons (Fsp3) is 0.407. The van der Waals surface area contributed by atoms with E-state index in [1.807, 2.05) is 24.4 Å². The number of H-pyrrole nitrogens is 1. The normalized spacial score (nSPS) is 17.5. The zero-order valence-corrected chi connectivity index (χ0v) is 24.4. The molecule has 0 radical (unpaired) electrons. The third-order valence-corrected chi connectivity index (χ3v) is 11.2. The number of anilines is 1. The Morgan fingerprint density at radius 1 is 1.20 bits per heavy atom. The summed E-state index contributed by atoms with van der Waals surface area (Å²) in [6, 6.07) is 11.2. The van der Waals surface area contributed by atoms with Crippen molar-refractivity contribution in [3.05, 3.63) is 52.9 Å². The number of para-hydroxylation sites is 1. The second-order valence-electron chi connectivity index (χ2n) is 9.71. The molecule has 0 amide bonds. The molecule has 0 spiro atoms. The Labute approximate surface area is 238 Å². The van der Waals surface area contributed by atoms with Gasteiger partial charge in [0, 0.05) is 23.5 Å². The summed E-state index contributed by atoms with van der Waals surface area (Å²) in [5.41, 5.74) is 2.38. The highest BCUT2D eigenvalue weighted by Gasteiger charge is 2.38. The first-order chi connectivity index (χ1) is 18.9. The van der Waals surface area contributed by atoms with Crippen molar-refractivity contribution in [1.29, 1.82) is 0 Å². The van der Waals surface area contributed by atoms with Crippen LogP contribution in [0.3, 0.4) is 0 Å². The molecule has 216 valence electrons. The summed E-state index contributed by atoms with van der Waals surface area (Å²) in [5, 5.41) is 10.8. The summed E-state index contributed by atoms with van der Waals surface area (Å²) in [5.74, 6) is -1.12. The Bertz CT molecular complexity index is 1550. The number of aromatic amines is 1. The molecule has 0 bridgehead atoms. The minimum Gasteiger partial charge on any atom is -0.475 e. The van der Waals surface area contributed by atoms with Crippen LogP contribution in [0.2, 0.25) is 0 Å². The molecule has 40 heavy (non-hydrogen) atoms. The zero-order chi connectivity index (χ0) is 29.1. The first kappa shape index (κ1) is 30.1. The number of hydrogen-bond acceptors (Lipinski definition) is 6. The number of carboxylic acid groups (broad SMARTS) is 1. The first-order valence-electron chi connectivity index (χ1n) is 12.8. The van der Waals surface area contributed by atoms with Gasteiger partial charge in [0.25, 0.3) is 10.0 Å². The number of aromatic nitrogens is 2. The van der Waals surface area contributed by atoms with E-state index in [1.165, 1.54) is 52.6 Å². The van der Waals surface area contributed by atoms with Crippen LogP contribution in [0.15, 0.2) is 52.2 Å². The van der Waals surface area contributed by atoms with Crippen molar-refractivity contribution in [3.8, 4) is 10.7 Å². The number of hydrogen-bond donors (Lipinski definition) is 2. The van der Waals surface area contributed by atoms with Gasteiger partial charge >= 0.3 is 12.1 Å². The van der Waals surface area contributed by atoms with Gasteiger partial charge in [0.15, 0.2) is 0 Å². The fourth-order valence-corrected chi connectivity index (χ4v) is 8.46. The lowest BCUT2D eigenvalue weighted by Crippen LogP contribution is -2.26. The van der Waals surface area contributed by atoms with Gasteiger partial charge in [-0.3, -0.25) is 4.31 Å². The van der Waals surface area contributed by atoms with Crippen molar-refractivity contribution in [2.24, 2.45) is 11.8 Å². The van der Waals surface area contributed by atoms with Gasteiger partial charge in [-0.2, -0.15) is 13.2 Å². The van der Waals surface area contributed by atoms with E-state index in [1.54, 1.807) is 35.9 Å². The molecule has 7 nitrogen and oxygen atoms in total. The second kappa shape index (κ2) is 12.3. The van der Waals surface area contributed by atoms with Crippen LogP contribution in [0, 0.1) is 11.8 Å². The van der Waals surface area contributed by atoms with E-state index in [9.17, 15) is 21.6 Å². The number of thiazole rings is 1. The highest BCUT2D eigenvalue weighted by molar-refractivity contribution is 7.94. The van der Waals surface area contributed by atoms with Gasteiger partial charge < -0.3 is 10.1 Å². The van der Waals surface area contributed by atoms with E-state index >= 15 is 0 Å². The van der Waals surface area contributed by atoms with Crippen LogP contribution in [0.1, 0.15) is 43.9 Å². The number of aliphatic carboxylic acids is 1. The molecular weight excluding hydrogens is 584 g/mol. The average molecular weight is 614 g/mol. The van der Waals surface area contributed by atoms with Gasteiger partial charge in [0.2, 0.25) is 0 Å². The molecule has 0 saturated heterocycles. The van der Waals surface area contributed by atoms with Crippen molar-refractivity contribution in [2.75, 3.05) is 11.4 Å². The Kier molecular flexibility index (Phi) is 9.26. The van der Waals surface area contributed by atoms with Gasteiger partial charge in [-0.15, -0.1) is 22.7 Å². The SMILES string of the molecule is CCC[C@@H]1CCCC1Cc1cnc(-c2cc3cccc(N(C)S(=O)(=O)c4cccs4)c3[nH]2)s1.O=C(O)C(F)(F)F. The minimum absolute atomic E-state index is 0.339. The number of alkyl halides is 3. The third kappa shape index (κ3) is 6.69. The number of benzene rings is 1. The average Bonchev–Trinajstić information content (AvgIpc) is 3.71. The molecule has 13 heteroatoms. The van der Waals surface area contributed by atoms with E-state index in [0.29, 0.717) is 9.90 Å². The van der Waals surface area contributed by atoms with Crippen LogP contribution in [0.4, 0.5) is 18.9 Å². The lowest BCUT2D eigenvalue weighted by atomic mass is 9.89. The maximum Gasteiger partial charge on any atom is 0.490 e. The second-order valence-corrected chi connectivity index (χ2v) is 14.0. The largest absolute Gasteiger partial charge is 0.490 e.